The van der Waals surface area contributed by atoms with E-state index in [2.05, 4.69) is 30.6 Å². The van der Waals surface area contributed by atoms with E-state index in [1.807, 2.05) is 19.0 Å². The van der Waals surface area contributed by atoms with Crippen LogP contribution in [0.15, 0.2) is 67.3 Å². The smallest absolute Gasteiger partial charge is 0.331 e. The van der Waals surface area contributed by atoms with Crippen LogP contribution in [0, 0.1) is 11.6 Å². The van der Waals surface area contributed by atoms with Gasteiger partial charge in [0, 0.05) is 42.3 Å². The van der Waals surface area contributed by atoms with Crippen molar-refractivity contribution in [3.63, 3.8) is 0 Å². The van der Waals surface area contributed by atoms with Crippen LogP contribution < -0.4 is 29.9 Å². The van der Waals surface area contributed by atoms with E-state index < -0.39 is 29.4 Å². The van der Waals surface area contributed by atoms with Crippen LogP contribution in [0.4, 0.5) is 42.5 Å². The monoisotopic (exact) mass is 645 g/mol. The number of carbonyl (C=O) groups excluding carboxylic acids is 2. The molecule has 1 aliphatic heterocycles. The van der Waals surface area contributed by atoms with Crippen molar-refractivity contribution in [2.75, 3.05) is 55.3 Å². The van der Waals surface area contributed by atoms with Crippen molar-refractivity contribution in [3.8, 4) is 11.5 Å². The molecule has 2 aromatic carbocycles. The minimum Gasteiger partial charge on any atom is -0.493 e. The predicted molar refractivity (Wildman–Crippen MR) is 172 cm³/mol. The number of hydrogen-bond acceptors (Lipinski definition) is 10. The lowest BCUT2D eigenvalue weighted by Gasteiger charge is -2.39. The first-order valence-corrected chi connectivity index (χ1v) is 14.4. The van der Waals surface area contributed by atoms with Gasteiger partial charge in [0.15, 0.2) is 23.1 Å². The maximum absolute atomic E-state index is 15.7. The summed E-state index contributed by atoms with van der Waals surface area (Å²) in [6.07, 6.45) is 7.53. The van der Waals surface area contributed by atoms with Gasteiger partial charge in [0.1, 0.15) is 23.7 Å². The van der Waals surface area contributed by atoms with Gasteiger partial charge in [0.25, 0.3) is 0 Å². The zero-order chi connectivity index (χ0) is 33.7. The first-order valence-electron chi connectivity index (χ1n) is 14.4. The van der Waals surface area contributed by atoms with Crippen LogP contribution in [-0.4, -0.2) is 71.6 Å². The van der Waals surface area contributed by atoms with Crippen LogP contribution in [0.2, 0.25) is 0 Å². The summed E-state index contributed by atoms with van der Waals surface area (Å²) in [5.41, 5.74) is 0.844. The molecule has 2 aromatic heterocycles. The highest BCUT2D eigenvalue weighted by Crippen LogP contribution is 2.42. The third-order valence-corrected chi connectivity index (χ3v) is 7.24. The lowest BCUT2D eigenvalue weighted by molar-refractivity contribution is -0.111. The molecule has 1 atom stereocenters. The zero-order valence-corrected chi connectivity index (χ0v) is 26.4. The molecule has 2 N–H and O–H groups in total. The molecule has 47 heavy (non-hydrogen) atoms. The fourth-order valence-corrected chi connectivity index (χ4v) is 4.93. The minimum atomic E-state index is -1.08. The molecule has 0 bridgehead atoms. The van der Waals surface area contributed by atoms with Gasteiger partial charge >= 0.3 is 6.03 Å². The fourth-order valence-electron chi connectivity index (χ4n) is 4.93. The molecule has 3 heterocycles. The van der Waals surface area contributed by atoms with Crippen molar-refractivity contribution < 1.29 is 27.8 Å². The highest BCUT2D eigenvalue weighted by molar-refractivity contribution is 6.06. The summed E-state index contributed by atoms with van der Waals surface area (Å²) in [7, 11) is 6.24. The van der Waals surface area contributed by atoms with E-state index in [-0.39, 0.29) is 35.7 Å². The van der Waals surface area contributed by atoms with E-state index in [0.717, 1.165) is 11.0 Å². The van der Waals surface area contributed by atoms with E-state index in [0.29, 0.717) is 29.2 Å². The molecule has 5 rings (SSSR count). The van der Waals surface area contributed by atoms with Gasteiger partial charge in [-0.15, -0.1) is 0 Å². The average Bonchev–Trinajstić information content (AvgIpc) is 3.05. The second-order valence-corrected chi connectivity index (χ2v) is 10.7. The predicted octanol–water partition coefficient (Wildman–Crippen LogP) is 5.07. The third-order valence-electron chi connectivity index (χ3n) is 7.24. The Morgan fingerprint density at radius 3 is 2.51 bits per heavy atom. The summed E-state index contributed by atoms with van der Waals surface area (Å²) in [5.74, 6) is -2.34. The maximum atomic E-state index is 15.7. The SMILES string of the molecule is COc1cc(OC)c(F)c(N2Cc3cnc(Nc4ccncn4)nc3N(C(C)c3cccc(NC(=O)/C=C/CN(C)C)c3)C2=O)c1F. The summed E-state index contributed by atoms with van der Waals surface area (Å²) in [5, 5.41) is 5.80. The number of nitrogens with one attached hydrogen (secondary N) is 2. The largest absolute Gasteiger partial charge is 0.493 e. The molecular formula is C32H33F2N9O4. The van der Waals surface area contributed by atoms with Gasteiger partial charge in [0.05, 0.1) is 26.8 Å². The number of nitrogens with zero attached hydrogens (tertiary/aromatic N) is 7. The molecule has 0 fully saturated rings. The molecule has 1 aliphatic rings. The molecule has 3 amide bonds. The Hall–Kier alpha value is -5.70. The van der Waals surface area contributed by atoms with Gasteiger partial charge in [-0.3, -0.25) is 14.6 Å². The maximum Gasteiger partial charge on any atom is 0.331 e. The van der Waals surface area contributed by atoms with Crippen LogP contribution in [0.3, 0.4) is 0 Å². The molecule has 15 heteroatoms. The van der Waals surface area contributed by atoms with Crippen LogP contribution in [-0.2, 0) is 11.3 Å². The number of amides is 3. The van der Waals surface area contributed by atoms with Crippen LogP contribution >= 0.6 is 0 Å². The number of anilines is 5. The highest BCUT2D eigenvalue weighted by atomic mass is 19.1. The van der Waals surface area contributed by atoms with E-state index in [4.69, 9.17) is 9.47 Å². The molecule has 0 saturated carbocycles. The molecule has 13 nitrogen and oxygen atoms in total. The van der Waals surface area contributed by atoms with Gasteiger partial charge < -0.3 is 25.0 Å². The van der Waals surface area contributed by atoms with Gasteiger partial charge in [-0.1, -0.05) is 18.2 Å². The van der Waals surface area contributed by atoms with Gasteiger partial charge in [0.2, 0.25) is 11.9 Å². The van der Waals surface area contributed by atoms with E-state index >= 15 is 8.78 Å². The van der Waals surface area contributed by atoms with Crippen molar-refractivity contribution in [1.82, 2.24) is 24.8 Å². The second kappa shape index (κ2) is 14.2. The number of carbonyl (C=O) groups is 2. The lowest BCUT2D eigenvalue weighted by atomic mass is 10.0. The van der Waals surface area contributed by atoms with Crippen molar-refractivity contribution >= 4 is 40.9 Å². The van der Waals surface area contributed by atoms with E-state index in [1.165, 1.54) is 37.7 Å². The summed E-state index contributed by atoms with van der Waals surface area (Å²) in [6, 6.07) is 8.10. The summed E-state index contributed by atoms with van der Waals surface area (Å²) >= 11 is 0. The first-order chi connectivity index (χ1) is 22.6. The zero-order valence-electron chi connectivity index (χ0n) is 26.4. The Kier molecular flexibility index (Phi) is 9.85. The molecule has 4 aromatic rings. The van der Waals surface area contributed by atoms with Crippen LogP contribution in [0.25, 0.3) is 0 Å². The number of methoxy groups -OCH3 is 2. The summed E-state index contributed by atoms with van der Waals surface area (Å²) < 4.78 is 41.7. The highest BCUT2D eigenvalue weighted by Gasteiger charge is 2.40. The standard InChI is InChI=1S/C32H33F2N9O4/c1-19(20-8-6-9-22(14-20)38-26(44)10-7-13-41(2)3)43-30-21(16-36-31(40-30)39-25-11-12-35-18-37-25)17-42(32(43)45)29-27(33)23(46-4)15-24(47-5)28(29)34/h6-12,14-16,18-19H,13,17H2,1-5H3,(H,38,44)(H,35,36,37,39,40)/b10-7+. The van der Waals surface area contributed by atoms with Crippen molar-refractivity contribution in [2.45, 2.75) is 19.5 Å². The molecule has 0 aliphatic carbocycles. The van der Waals surface area contributed by atoms with E-state index in [9.17, 15) is 9.59 Å². The molecule has 244 valence electrons. The molecule has 0 spiro atoms. The number of ether oxygens (including phenoxy) is 2. The van der Waals surface area contributed by atoms with E-state index in [1.54, 1.807) is 49.5 Å². The quantitative estimate of drug-likeness (QED) is 0.213. The number of likely N-dealkylation sites (N-methyl/N-ethyl adjacent to an activating group) is 1. The Morgan fingerprint density at radius 2 is 1.85 bits per heavy atom. The van der Waals surface area contributed by atoms with Crippen molar-refractivity contribution in [2.24, 2.45) is 0 Å². The fraction of sp³-hybridized carbons (Fsp3) is 0.250. The topological polar surface area (TPSA) is 138 Å². The summed E-state index contributed by atoms with van der Waals surface area (Å²) in [6.45, 7) is 2.07. The van der Waals surface area contributed by atoms with Gasteiger partial charge in [-0.05, 0) is 44.8 Å². The number of urea groups is 1. The Labute approximate surface area is 269 Å². The normalized spacial score (nSPS) is 13.5. The Bertz CT molecular complexity index is 1780. The van der Waals surface area contributed by atoms with Crippen molar-refractivity contribution in [1.29, 1.82) is 0 Å². The third kappa shape index (κ3) is 7.09. The molecule has 0 saturated heterocycles. The summed E-state index contributed by atoms with van der Waals surface area (Å²) in [4.78, 5) is 48.1. The number of halogens is 2. The second-order valence-electron chi connectivity index (χ2n) is 10.7. The lowest BCUT2D eigenvalue weighted by Crippen LogP contribution is -2.49. The molecule has 0 radical (unpaired) electrons. The molecule has 1 unspecified atom stereocenters. The number of fused-ring (bicyclic) bond motifs is 1. The number of hydrogen-bond donors (Lipinski definition) is 2. The number of rotatable bonds is 11. The Morgan fingerprint density at radius 1 is 1.11 bits per heavy atom. The van der Waals surface area contributed by atoms with Crippen LogP contribution in [0.1, 0.15) is 24.1 Å². The van der Waals surface area contributed by atoms with Crippen LogP contribution in [0.5, 0.6) is 11.5 Å². The first kappa shape index (κ1) is 32.7. The van der Waals surface area contributed by atoms with Gasteiger partial charge in [-0.25, -0.2) is 28.5 Å². The van der Waals surface area contributed by atoms with Gasteiger partial charge in [-0.2, -0.15) is 4.98 Å². The Balaban J connectivity index is 1.57. The average molecular weight is 646 g/mol. The molecular weight excluding hydrogens is 612 g/mol. The minimum absolute atomic E-state index is 0.131. The number of aromatic nitrogens is 4. The number of benzene rings is 2. The van der Waals surface area contributed by atoms with Crippen molar-refractivity contribution in [3.05, 3.63) is 90.0 Å².